The first-order valence-corrected chi connectivity index (χ1v) is 9.13. The van der Waals surface area contributed by atoms with E-state index in [-0.39, 0.29) is 24.0 Å². The second-order valence-corrected chi connectivity index (χ2v) is 7.50. The van der Waals surface area contributed by atoms with Crippen molar-refractivity contribution in [3.8, 4) is 0 Å². The monoisotopic (exact) mass is 332 g/mol. The molecule has 4 nitrogen and oxygen atoms in total. The third-order valence-corrected chi connectivity index (χ3v) is 5.27. The molecule has 0 bridgehead atoms. The van der Waals surface area contributed by atoms with Crippen LogP contribution in [0.1, 0.15) is 57.6 Å². The van der Waals surface area contributed by atoms with Crippen molar-refractivity contribution in [2.24, 2.45) is 5.92 Å². The van der Waals surface area contributed by atoms with E-state index in [2.05, 4.69) is 30.1 Å². The molecule has 1 aliphatic heterocycles. The van der Waals surface area contributed by atoms with Gasteiger partial charge in [0.2, 0.25) is 5.91 Å². The Labute approximate surface area is 146 Å². The van der Waals surface area contributed by atoms with Gasteiger partial charge in [-0.1, -0.05) is 32.0 Å². The lowest BCUT2D eigenvalue weighted by Gasteiger charge is -2.37. The molecule has 2 rings (SSSR count). The van der Waals surface area contributed by atoms with E-state index in [1.165, 1.54) is 5.56 Å². The van der Waals surface area contributed by atoms with Crippen molar-refractivity contribution in [3.63, 3.8) is 0 Å². The molecule has 1 saturated heterocycles. The topological polar surface area (TPSA) is 52.6 Å². The van der Waals surface area contributed by atoms with Gasteiger partial charge in [0.1, 0.15) is 0 Å². The Bertz CT molecular complexity index is 569. The number of nitrogens with one attached hydrogen (secondary N) is 1. The standard InChI is InChI=1S/C20H32N2O2/c1-13(2)18-10-6-8-14(3)19(18)21-20(24)15(4)22-11-7-9-17(12-22)16(5)23/h6,8,10,13,15-17,23H,7,9,11-12H2,1-5H3,(H,21,24). The molecule has 1 aromatic carbocycles. The lowest BCUT2D eigenvalue weighted by molar-refractivity contribution is -0.121. The van der Waals surface area contributed by atoms with E-state index >= 15 is 0 Å². The summed E-state index contributed by atoms with van der Waals surface area (Å²) in [6.07, 6.45) is 1.76. The third-order valence-electron chi connectivity index (χ3n) is 5.27. The van der Waals surface area contributed by atoms with Gasteiger partial charge in [-0.05, 0) is 63.1 Å². The number of nitrogens with zero attached hydrogens (tertiary/aromatic N) is 1. The van der Waals surface area contributed by atoms with Crippen LogP contribution in [0.2, 0.25) is 0 Å². The molecule has 1 fully saturated rings. The zero-order valence-electron chi connectivity index (χ0n) is 15.7. The summed E-state index contributed by atoms with van der Waals surface area (Å²) in [5, 5.41) is 13.0. The van der Waals surface area contributed by atoms with Crippen molar-refractivity contribution in [3.05, 3.63) is 29.3 Å². The number of hydrogen-bond acceptors (Lipinski definition) is 3. The maximum atomic E-state index is 12.8. The van der Waals surface area contributed by atoms with Gasteiger partial charge in [0, 0.05) is 12.2 Å². The van der Waals surface area contributed by atoms with Crippen LogP contribution in [0.5, 0.6) is 0 Å². The first-order chi connectivity index (χ1) is 11.3. The zero-order chi connectivity index (χ0) is 17.9. The Morgan fingerprint density at radius 1 is 1.29 bits per heavy atom. The molecule has 0 aromatic heterocycles. The lowest BCUT2D eigenvalue weighted by Crippen LogP contribution is -2.48. The Morgan fingerprint density at radius 2 is 2.00 bits per heavy atom. The number of carbonyl (C=O) groups excluding carboxylic acids is 1. The largest absolute Gasteiger partial charge is 0.393 e. The quantitative estimate of drug-likeness (QED) is 0.867. The highest BCUT2D eigenvalue weighted by Gasteiger charge is 2.29. The highest BCUT2D eigenvalue weighted by Crippen LogP contribution is 2.28. The van der Waals surface area contributed by atoms with Crippen LogP contribution >= 0.6 is 0 Å². The smallest absolute Gasteiger partial charge is 0.241 e. The summed E-state index contributed by atoms with van der Waals surface area (Å²) in [6.45, 7) is 11.8. The van der Waals surface area contributed by atoms with Gasteiger partial charge in [0.05, 0.1) is 12.1 Å². The van der Waals surface area contributed by atoms with Gasteiger partial charge in [-0.25, -0.2) is 0 Å². The predicted octanol–water partition coefficient (Wildman–Crippen LogP) is 3.54. The van der Waals surface area contributed by atoms with Gasteiger partial charge in [0.25, 0.3) is 0 Å². The van der Waals surface area contributed by atoms with Gasteiger partial charge in [-0.3, -0.25) is 9.69 Å². The summed E-state index contributed by atoms with van der Waals surface area (Å²) in [4.78, 5) is 15.0. The second-order valence-electron chi connectivity index (χ2n) is 7.50. The molecule has 1 aliphatic rings. The summed E-state index contributed by atoms with van der Waals surface area (Å²) in [7, 11) is 0. The molecule has 2 N–H and O–H groups in total. The van der Waals surface area contributed by atoms with Crippen molar-refractivity contribution >= 4 is 11.6 Å². The molecule has 0 aliphatic carbocycles. The van der Waals surface area contributed by atoms with Crippen molar-refractivity contribution in [1.82, 2.24) is 4.90 Å². The van der Waals surface area contributed by atoms with E-state index in [9.17, 15) is 9.90 Å². The molecule has 3 unspecified atom stereocenters. The molecule has 1 heterocycles. The van der Waals surface area contributed by atoms with Gasteiger partial charge < -0.3 is 10.4 Å². The van der Waals surface area contributed by atoms with Crippen molar-refractivity contribution < 1.29 is 9.90 Å². The molecule has 4 heteroatoms. The van der Waals surface area contributed by atoms with Crippen LogP contribution in [0.4, 0.5) is 5.69 Å². The molecule has 3 atom stereocenters. The lowest BCUT2D eigenvalue weighted by atomic mass is 9.92. The number of aryl methyl sites for hydroxylation is 1. The second kappa shape index (κ2) is 8.13. The normalized spacial score (nSPS) is 21.5. The fourth-order valence-corrected chi connectivity index (χ4v) is 3.52. The maximum absolute atomic E-state index is 12.8. The maximum Gasteiger partial charge on any atom is 0.241 e. The zero-order valence-corrected chi connectivity index (χ0v) is 15.7. The average Bonchev–Trinajstić information content (AvgIpc) is 2.55. The Morgan fingerprint density at radius 3 is 2.62 bits per heavy atom. The van der Waals surface area contributed by atoms with Crippen LogP contribution in [0.25, 0.3) is 0 Å². The number of likely N-dealkylation sites (tertiary alicyclic amines) is 1. The SMILES string of the molecule is Cc1cccc(C(C)C)c1NC(=O)C(C)N1CCCC(C(C)O)C1. The number of anilines is 1. The predicted molar refractivity (Wildman–Crippen MR) is 99.3 cm³/mol. The number of aliphatic hydroxyl groups is 1. The van der Waals surface area contributed by atoms with E-state index in [1.807, 2.05) is 32.9 Å². The molecule has 134 valence electrons. The minimum Gasteiger partial charge on any atom is -0.393 e. The Balaban J connectivity index is 2.10. The molecular formula is C20H32N2O2. The van der Waals surface area contributed by atoms with Crippen LogP contribution in [-0.4, -0.2) is 41.1 Å². The number of amides is 1. The van der Waals surface area contributed by atoms with Crippen LogP contribution in [0.15, 0.2) is 18.2 Å². The van der Waals surface area contributed by atoms with Crippen LogP contribution < -0.4 is 5.32 Å². The molecular weight excluding hydrogens is 300 g/mol. The van der Waals surface area contributed by atoms with E-state index in [0.29, 0.717) is 5.92 Å². The van der Waals surface area contributed by atoms with E-state index in [0.717, 1.165) is 37.2 Å². The first kappa shape index (κ1) is 18.9. The van der Waals surface area contributed by atoms with Crippen molar-refractivity contribution in [1.29, 1.82) is 0 Å². The van der Waals surface area contributed by atoms with E-state index < -0.39 is 0 Å². The van der Waals surface area contributed by atoms with Gasteiger partial charge in [-0.2, -0.15) is 0 Å². The number of carbonyl (C=O) groups is 1. The fourth-order valence-electron chi connectivity index (χ4n) is 3.52. The van der Waals surface area contributed by atoms with E-state index in [1.54, 1.807) is 0 Å². The van der Waals surface area contributed by atoms with Crippen molar-refractivity contribution in [2.45, 2.75) is 65.5 Å². The average molecular weight is 332 g/mol. The molecule has 24 heavy (non-hydrogen) atoms. The number of aliphatic hydroxyl groups excluding tert-OH is 1. The third kappa shape index (κ3) is 4.37. The van der Waals surface area contributed by atoms with Gasteiger partial charge in [-0.15, -0.1) is 0 Å². The summed E-state index contributed by atoms with van der Waals surface area (Å²) in [5.74, 6) is 0.668. The van der Waals surface area contributed by atoms with E-state index in [4.69, 9.17) is 0 Å². The molecule has 0 saturated carbocycles. The summed E-state index contributed by atoms with van der Waals surface area (Å²) < 4.78 is 0. The minimum atomic E-state index is -0.313. The Hall–Kier alpha value is -1.39. The molecule has 1 amide bonds. The highest BCUT2D eigenvalue weighted by atomic mass is 16.3. The number of para-hydroxylation sites is 1. The summed E-state index contributed by atoms with van der Waals surface area (Å²) in [5.41, 5.74) is 3.23. The summed E-state index contributed by atoms with van der Waals surface area (Å²) >= 11 is 0. The number of hydrogen-bond donors (Lipinski definition) is 2. The van der Waals surface area contributed by atoms with Crippen LogP contribution in [-0.2, 0) is 4.79 Å². The molecule has 1 aromatic rings. The number of piperidine rings is 1. The number of rotatable bonds is 5. The van der Waals surface area contributed by atoms with Crippen LogP contribution in [0.3, 0.4) is 0 Å². The minimum absolute atomic E-state index is 0.0393. The summed E-state index contributed by atoms with van der Waals surface area (Å²) in [6, 6.07) is 5.98. The van der Waals surface area contributed by atoms with Crippen molar-refractivity contribution in [2.75, 3.05) is 18.4 Å². The molecule has 0 spiro atoms. The highest BCUT2D eigenvalue weighted by molar-refractivity contribution is 5.96. The molecule has 0 radical (unpaired) electrons. The Kier molecular flexibility index (Phi) is 6.41. The van der Waals surface area contributed by atoms with Crippen LogP contribution in [0, 0.1) is 12.8 Å². The van der Waals surface area contributed by atoms with Gasteiger partial charge >= 0.3 is 0 Å². The van der Waals surface area contributed by atoms with Gasteiger partial charge in [0.15, 0.2) is 0 Å². The number of benzene rings is 1. The first-order valence-electron chi connectivity index (χ1n) is 9.13. The fraction of sp³-hybridized carbons (Fsp3) is 0.650.